The standard InChI is InChI=1S/C11H8N2S/c1-7-11-8-4-2-3-5-9(8)14-10(11)6-12-13-7/h2-6H,1H3. The first-order valence-corrected chi connectivity index (χ1v) is 5.27. The molecule has 2 heterocycles. The maximum atomic E-state index is 4.09. The van der Waals surface area contributed by atoms with Gasteiger partial charge in [-0.15, -0.1) is 11.3 Å². The Morgan fingerprint density at radius 2 is 2.00 bits per heavy atom. The van der Waals surface area contributed by atoms with E-state index in [9.17, 15) is 0 Å². The second kappa shape index (κ2) is 2.75. The molecular formula is C11H8N2S. The summed E-state index contributed by atoms with van der Waals surface area (Å²) < 4.78 is 2.53. The third kappa shape index (κ3) is 0.960. The first-order chi connectivity index (χ1) is 6.86. The van der Waals surface area contributed by atoms with Gasteiger partial charge in [-0.1, -0.05) is 18.2 Å². The molecule has 2 nitrogen and oxygen atoms in total. The second-order valence-electron chi connectivity index (χ2n) is 3.27. The van der Waals surface area contributed by atoms with E-state index in [0.717, 1.165) is 5.69 Å². The number of hydrogen-bond donors (Lipinski definition) is 0. The Morgan fingerprint density at radius 3 is 2.93 bits per heavy atom. The summed E-state index contributed by atoms with van der Waals surface area (Å²) in [4.78, 5) is 0. The highest BCUT2D eigenvalue weighted by atomic mass is 32.1. The molecule has 2 aromatic heterocycles. The summed E-state index contributed by atoms with van der Waals surface area (Å²) in [6.45, 7) is 2.01. The van der Waals surface area contributed by atoms with Gasteiger partial charge >= 0.3 is 0 Å². The maximum absolute atomic E-state index is 4.09. The van der Waals surface area contributed by atoms with Crippen molar-refractivity contribution in [2.24, 2.45) is 0 Å². The highest BCUT2D eigenvalue weighted by Crippen LogP contribution is 2.33. The quantitative estimate of drug-likeness (QED) is 0.557. The van der Waals surface area contributed by atoms with E-state index in [1.165, 1.54) is 20.2 Å². The van der Waals surface area contributed by atoms with Gasteiger partial charge in [0.2, 0.25) is 0 Å². The van der Waals surface area contributed by atoms with Crippen molar-refractivity contribution in [1.82, 2.24) is 10.2 Å². The molecule has 0 atom stereocenters. The lowest BCUT2D eigenvalue weighted by atomic mass is 10.1. The molecule has 0 amide bonds. The van der Waals surface area contributed by atoms with Crippen molar-refractivity contribution in [2.75, 3.05) is 0 Å². The second-order valence-corrected chi connectivity index (χ2v) is 4.35. The minimum Gasteiger partial charge on any atom is -0.157 e. The Morgan fingerprint density at radius 1 is 1.14 bits per heavy atom. The highest BCUT2D eigenvalue weighted by molar-refractivity contribution is 7.25. The molecule has 0 saturated heterocycles. The predicted octanol–water partition coefficient (Wildman–Crippen LogP) is 3.15. The molecular weight excluding hydrogens is 192 g/mol. The van der Waals surface area contributed by atoms with Crippen LogP contribution in [0, 0.1) is 6.92 Å². The zero-order chi connectivity index (χ0) is 9.54. The Labute approximate surface area is 85.2 Å². The third-order valence-electron chi connectivity index (χ3n) is 2.37. The monoisotopic (exact) mass is 200 g/mol. The van der Waals surface area contributed by atoms with Crippen LogP contribution in [0.3, 0.4) is 0 Å². The summed E-state index contributed by atoms with van der Waals surface area (Å²) in [5, 5.41) is 10.6. The summed E-state index contributed by atoms with van der Waals surface area (Å²) in [6, 6.07) is 8.41. The fourth-order valence-corrected chi connectivity index (χ4v) is 2.87. The first kappa shape index (κ1) is 7.88. The van der Waals surface area contributed by atoms with Crippen LogP contribution >= 0.6 is 11.3 Å². The molecule has 3 heteroatoms. The van der Waals surface area contributed by atoms with Crippen molar-refractivity contribution in [3.63, 3.8) is 0 Å². The van der Waals surface area contributed by atoms with Crippen LogP contribution < -0.4 is 0 Å². The van der Waals surface area contributed by atoms with Crippen molar-refractivity contribution >= 4 is 31.5 Å². The van der Waals surface area contributed by atoms with Crippen molar-refractivity contribution < 1.29 is 0 Å². The molecule has 3 aromatic rings. The third-order valence-corrected chi connectivity index (χ3v) is 3.47. The maximum Gasteiger partial charge on any atom is 0.0693 e. The van der Waals surface area contributed by atoms with Crippen molar-refractivity contribution in [3.05, 3.63) is 36.2 Å². The minimum absolute atomic E-state index is 1.01. The van der Waals surface area contributed by atoms with Crippen LogP contribution in [-0.4, -0.2) is 10.2 Å². The Hall–Kier alpha value is -1.48. The summed E-state index contributed by atoms with van der Waals surface area (Å²) in [6.07, 6.45) is 1.84. The van der Waals surface area contributed by atoms with Crippen molar-refractivity contribution in [2.45, 2.75) is 6.92 Å². The van der Waals surface area contributed by atoms with Gasteiger partial charge < -0.3 is 0 Å². The van der Waals surface area contributed by atoms with Gasteiger partial charge in [0.1, 0.15) is 0 Å². The molecule has 1 aromatic carbocycles. The number of benzene rings is 1. The molecule has 0 spiro atoms. The molecule has 0 bridgehead atoms. The summed E-state index contributed by atoms with van der Waals surface area (Å²) in [7, 11) is 0. The van der Waals surface area contributed by atoms with E-state index in [1.807, 2.05) is 13.1 Å². The van der Waals surface area contributed by atoms with Gasteiger partial charge in [-0.3, -0.25) is 0 Å². The fourth-order valence-electron chi connectivity index (χ4n) is 1.75. The number of aryl methyl sites for hydroxylation is 1. The van der Waals surface area contributed by atoms with Gasteiger partial charge in [-0.2, -0.15) is 10.2 Å². The van der Waals surface area contributed by atoms with E-state index in [4.69, 9.17) is 0 Å². The van der Waals surface area contributed by atoms with Crippen LogP contribution in [0.25, 0.3) is 20.2 Å². The van der Waals surface area contributed by atoms with Gasteiger partial charge in [-0.05, 0) is 13.0 Å². The number of fused-ring (bicyclic) bond motifs is 3. The van der Waals surface area contributed by atoms with Crippen molar-refractivity contribution in [1.29, 1.82) is 0 Å². The molecule has 68 valence electrons. The Kier molecular flexibility index (Phi) is 1.55. The molecule has 0 aliphatic heterocycles. The average Bonchev–Trinajstić information content (AvgIpc) is 2.57. The molecule has 3 rings (SSSR count). The van der Waals surface area contributed by atoms with Crippen LogP contribution in [0.15, 0.2) is 30.5 Å². The van der Waals surface area contributed by atoms with Crippen LogP contribution in [0.4, 0.5) is 0 Å². The number of aromatic nitrogens is 2. The van der Waals surface area contributed by atoms with E-state index in [0.29, 0.717) is 0 Å². The predicted molar refractivity (Wildman–Crippen MR) is 59.7 cm³/mol. The van der Waals surface area contributed by atoms with Crippen LogP contribution in [-0.2, 0) is 0 Å². The van der Waals surface area contributed by atoms with Gasteiger partial charge in [-0.25, -0.2) is 0 Å². The molecule has 0 aliphatic rings. The molecule has 0 N–H and O–H groups in total. The topological polar surface area (TPSA) is 25.8 Å². The SMILES string of the molecule is Cc1nncc2sc3ccccc3c12. The fraction of sp³-hybridized carbons (Fsp3) is 0.0909. The number of rotatable bonds is 0. The van der Waals surface area contributed by atoms with E-state index >= 15 is 0 Å². The summed E-state index contributed by atoms with van der Waals surface area (Å²) >= 11 is 1.77. The van der Waals surface area contributed by atoms with Gasteiger partial charge in [0.15, 0.2) is 0 Å². The highest BCUT2D eigenvalue weighted by Gasteiger charge is 2.06. The Balaban J connectivity index is 2.65. The van der Waals surface area contributed by atoms with Gasteiger partial charge in [0.05, 0.1) is 16.6 Å². The summed E-state index contributed by atoms with van der Waals surface area (Å²) in [5.41, 5.74) is 1.01. The average molecular weight is 200 g/mol. The van der Waals surface area contributed by atoms with E-state index < -0.39 is 0 Å². The number of nitrogens with zero attached hydrogens (tertiary/aromatic N) is 2. The van der Waals surface area contributed by atoms with E-state index in [2.05, 4.69) is 34.5 Å². The molecule has 0 unspecified atom stereocenters. The van der Waals surface area contributed by atoms with Crippen molar-refractivity contribution in [3.8, 4) is 0 Å². The first-order valence-electron chi connectivity index (χ1n) is 4.46. The number of thiophene rings is 1. The zero-order valence-electron chi connectivity index (χ0n) is 7.69. The Bertz CT molecular complexity index is 613. The molecule has 0 aliphatic carbocycles. The lowest BCUT2D eigenvalue weighted by Crippen LogP contribution is -1.84. The van der Waals surface area contributed by atoms with E-state index in [-0.39, 0.29) is 0 Å². The molecule has 14 heavy (non-hydrogen) atoms. The lowest BCUT2D eigenvalue weighted by Gasteiger charge is -1.93. The normalized spacial score (nSPS) is 11.2. The van der Waals surface area contributed by atoms with Gasteiger partial charge in [0, 0.05) is 15.5 Å². The van der Waals surface area contributed by atoms with E-state index in [1.54, 1.807) is 11.3 Å². The smallest absolute Gasteiger partial charge is 0.0693 e. The largest absolute Gasteiger partial charge is 0.157 e. The van der Waals surface area contributed by atoms with Gasteiger partial charge in [0.25, 0.3) is 0 Å². The van der Waals surface area contributed by atoms with Crippen LogP contribution in [0.2, 0.25) is 0 Å². The molecule has 0 saturated carbocycles. The molecule has 0 fully saturated rings. The lowest BCUT2D eigenvalue weighted by molar-refractivity contribution is 1.01. The minimum atomic E-state index is 1.01. The zero-order valence-corrected chi connectivity index (χ0v) is 8.51. The van der Waals surface area contributed by atoms with Crippen LogP contribution in [0.5, 0.6) is 0 Å². The van der Waals surface area contributed by atoms with Crippen LogP contribution in [0.1, 0.15) is 5.69 Å². The number of hydrogen-bond acceptors (Lipinski definition) is 3. The molecule has 0 radical (unpaired) electrons. The summed E-state index contributed by atoms with van der Waals surface area (Å²) in [5.74, 6) is 0.